The number of hydrogen-bond donors (Lipinski definition) is 7. The summed E-state index contributed by atoms with van der Waals surface area (Å²) in [5.74, 6) is -5.16. The summed E-state index contributed by atoms with van der Waals surface area (Å²) >= 11 is 0. The summed E-state index contributed by atoms with van der Waals surface area (Å²) in [5, 5.41) is 43.4. The van der Waals surface area contributed by atoms with Crippen molar-refractivity contribution in [2.45, 2.75) is 43.1 Å². The van der Waals surface area contributed by atoms with Crippen LogP contribution in [-0.2, 0) is 25.1 Å². The van der Waals surface area contributed by atoms with Gasteiger partial charge in [0.05, 0.1) is 6.61 Å². The molecule has 0 unspecified atom stereocenters. The predicted molar refractivity (Wildman–Crippen MR) is 116 cm³/mol. The molecule has 3 amide bonds. The number of nitrogens with zero attached hydrogens (tertiary/aromatic N) is 2. The van der Waals surface area contributed by atoms with Gasteiger partial charge < -0.3 is 30.6 Å². The lowest BCUT2D eigenvalue weighted by Crippen LogP contribution is -2.66. The number of carbonyl (C=O) groups excluding carboxylic acids is 3. The van der Waals surface area contributed by atoms with Crippen LogP contribution in [0.15, 0.2) is 23.3 Å². The summed E-state index contributed by atoms with van der Waals surface area (Å²) in [7, 11) is -3.50. The van der Waals surface area contributed by atoms with Crippen molar-refractivity contribution in [3.05, 3.63) is 23.8 Å². The molecular formula is C19H24N4O10S. The Bertz CT molecular complexity index is 1100. The molecule has 6 N–H and O–H groups in total. The first kappa shape index (κ1) is 26.5. The highest BCUT2D eigenvalue weighted by Crippen LogP contribution is 2.29. The second-order valence-electron chi connectivity index (χ2n) is 7.72. The number of β-lactam (4-membered cyclic amide) rings is 1. The van der Waals surface area contributed by atoms with Gasteiger partial charge in [-0.3, -0.25) is 14.4 Å². The van der Waals surface area contributed by atoms with Crippen molar-refractivity contribution in [2.75, 3.05) is 6.61 Å². The standard InChI is InChI=1S/C19H24N4O10S/c1-9-5-14(27)23(9)15(18(30)31)19(2,34(32)33)8-20-22-17(29)11(7-24)21-16(28)10-3-4-12(25)13(26)6-10/h3-4,6,8-9,11,15,24-26,34H,5,7H2,1-2H3,(H,21,28)(H,22,29)(H,30,31)/b20-8+/t9-,11+,15+,19+/m1/s1. The molecule has 34 heavy (non-hydrogen) atoms. The van der Waals surface area contributed by atoms with Gasteiger partial charge in [-0.05, 0) is 32.0 Å². The molecule has 4 atom stereocenters. The molecule has 0 bridgehead atoms. The highest BCUT2D eigenvalue weighted by Gasteiger charge is 2.52. The van der Waals surface area contributed by atoms with Crippen molar-refractivity contribution in [1.82, 2.24) is 15.6 Å². The Labute approximate surface area is 194 Å². The average Bonchev–Trinajstić information content (AvgIpc) is 2.76. The van der Waals surface area contributed by atoms with E-state index < -0.39 is 75.4 Å². The van der Waals surface area contributed by atoms with E-state index in [0.29, 0.717) is 6.21 Å². The molecule has 0 aromatic heterocycles. The van der Waals surface area contributed by atoms with Crippen LogP contribution in [0.25, 0.3) is 0 Å². The van der Waals surface area contributed by atoms with E-state index in [-0.39, 0.29) is 12.0 Å². The van der Waals surface area contributed by atoms with E-state index >= 15 is 0 Å². The van der Waals surface area contributed by atoms with Gasteiger partial charge in [-0.15, -0.1) is 0 Å². The summed E-state index contributed by atoms with van der Waals surface area (Å²) in [6.07, 6.45) is 0.710. The van der Waals surface area contributed by atoms with Crippen molar-refractivity contribution in [2.24, 2.45) is 5.10 Å². The lowest BCUT2D eigenvalue weighted by Gasteiger charge is -2.45. The Kier molecular flexibility index (Phi) is 8.17. The summed E-state index contributed by atoms with van der Waals surface area (Å²) in [6, 6.07) is -0.763. The van der Waals surface area contributed by atoms with E-state index in [1.54, 1.807) is 6.92 Å². The predicted octanol–water partition coefficient (Wildman–Crippen LogP) is -2.27. The van der Waals surface area contributed by atoms with E-state index in [1.165, 1.54) is 0 Å². The zero-order valence-electron chi connectivity index (χ0n) is 18.0. The molecule has 0 aliphatic carbocycles. The van der Waals surface area contributed by atoms with Crippen LogP contribution in [-0.4, -0.2) is 93.1 Å². The number of rotatable bonds is 10. The van der Waals surface area contributed by atoms with Crippen molar-refractivity contribution < 1.29 is 48.0 Å². The van der Waals surface area contributed by atoms with Crippen LogP contribution in [0.4, 0.5) is 0 Å². The normalized spacial score (nSPS) is 19.2. The second-order valence-corrected chi connectivity index (χ2v) is 9.20. The number of aliphatic hydroxyl groups excluding tert-OH is 1. The Balaban J connectivity index is 2.16. The number of carboxylic acid groups (broad SMARTS) is 1. The van der Waals surface area contributed by atoms with Gasteiger partial charge in [-0.25, -0.2) is 18.6 Å². The number of benzene rings is 1. The number of hydrazone groups is 1. The van der Waals surface area contributed by atoms with Gasteiger partial charge in [-0.2, -0.15) is 5.10 Å². The zero-order chi connectivity index (χ0) is 25.8. The Morgan fingerprint density at radius 3 is 2.41 bits per heavy atom. The molecule has 0 saturated carbocycles. The quantitative estimate of drug-likeness (QED) is 0.0600. The van der Waals surface area contributed by atoms with Gasteiger partial charge in [-0.1, -0.05) is 0 Å². The first-order valence-corrected chi connectivity index (χ1v) is 11.0. The molecule has 1 aromatic carbocycles. The number of hydrogen-bond acceptors (Lipinski definition) is 10. The van der Waals surface area contributed by atoms with Crippen molar-refractivity contribution in [3.8, 4) is 11.5 Å². The summed E-state index contributed by atoms with van der Waals surface area (Å²) < 4.78 is 21.7. The highest BCUT2D eigenvalue weighted by atomic mass is 32.2. The highest BCUT2D eigenvalue weighted by molar-refractivity contribution is 7.75. The fourth-order valence-corrected chi connectivity index (χ4v) is 3.85. The molecule has 1 aromatic rings. The van der Waals surface area contributed by atoms with Crippen LogP contribution < -0.4 is 10.7 Å². The molecule has 1 aliphatic heterocycles. The van der Waals surface area contributed by atoms with E-state index in [4.69, 9.17) is 0 Å². The fraction of sp³-hybridized carbons (Fsp3) is 0.421. The van der Waals surface area contributed by atoms with E-state index in [9.17, 15) is 48.0 Å². The number of aliphatic hydroxyl groups is 1. The smallest absolute Gasteiger partial charge is 0.328 e. The maximum absolute atomic E-state index is 12.3. The second kappa shape index (κ2) is 10.5. The molecular weight excluding hydrogens is 476 g/mol. The molecule has 1 heterocycles. The summed E-state index contributed by atoms with van der Waals surface area (Å²) in [6.45, 7) is 1.69. The summed E-state index contributed by atoms with van der Waals surface area (Å²) in [5.41, 5.74) is 1.78. The minimum absolute atomic E-state index is 0.0556. The van der Waals surface area contributed by atoms with E-state index in [2.05, 4.69) is 10.4 Å². The Hall–Kier alpha value is -3.72. The maximum atomic E-state index is 12.3. The molecule has 0 spiro atoms. The van der Waals surface area contributed by atoms with Crippen LogP contribution in [0.5, 0.6) is 11.5 Å². The Morgan fingerprint density at radius 1 is 1.29 bits per heavy atom. The molecule has 2 rings (SSSR count). The number of thiol groups is 1. The zero-order valence-corrected chi connectivity index (χ0v) is 18.9. The lowest BCUT2D eigenvalue weighted by molar-refractivity contribution is -0.161. The third kappa shape index (κ3) is 5.43. The first-order valence-electron chi connectivity index (χ1n) is 9.79. The van der Waals surface area contributed by atoms with E-state index in [1.807, 2.05) is 5.43 Å². The minimum Gasteiger partial charge on any atom is -0.504 e. The van der Waals surface area contributed by atoms with Crippen LogP contribution >= 0.6 is 0 Å². The minimum atomic E-state index is -3.50. The van der Waals surface area contributed by atoms with Gasteiger partial charge in [0.1, 0.15) is 10.8 Å². The third-order valence-corrected chi connectivity index (χ3v) is 6.38. The number of carbonyl (C=O) groups is 4. The Morgan fingerprint density at radius 2 is 1.94 bits per heavy atom. The monoisotopic (exact) mass is 500 g/mol. The first-order chi connectivity index (χ1) is 15.8. The number of likely N-dealkylation sites (tertiary alicyclic amines) is 1. The maximum Gasteiger partial charge on any atom is 0.328 e. The molecule has 1 aliphatic rings. The van der Waals surface area contributed by atoms with E-state index in [0.717, 1.165) is 30.0 Å². The number of aromatic hydroxyl groups is 2. The molecule has 15 heteroatoms. The number of amides is 3. The lowest BCUT2D eigenvalue weighted by atomic mass is 9.92. The van der Waals surface area contributed by atoms with Crippen LogP contribution in [0.2, 0.25) is 0 Å². The van der Waals surface area contributed by atoms with Crippen molar-refractivity contribution >= 4 is 40.6 Å². The average molecular weight is 500 g/mol. The molecule has 0 radical (unpaired) electrons. The molecule has 1 fully saturated rings. The number of aliphatic carboxylic acids is 1. The number of carboxylic acids is 1. The van der Waals surface area contributed by atoms with Gasteiger partial charge >= 0.3 is 5.97 Å². The van der Waals surface area contributed by atoms with Gasteiger partial charge in [0.2, 0.25) is 5.91 Å². The third-order valence-electron chi connectivity index (χ3n) is 5.23. The van der Waals surface area contributed by atoms with Crippen LogP contribution in [0, 0.1) is 0 Å². The number of nitrogens with one attached hydrogen (secondary N) is 2. The van der Waals surface area contributed by atoms with Gasteiger partial charge in [0.25, 0.3) is 11.8 Å². The largest absolute Gasteiger partial charge is 0.504 e. The van der Waals surface area contributed by atoms with Crippen molar-refractivity contribution in [3.63, 3.8) is 0 Å². The van der Waals surface area contributed by atoms with Gasteiger partial charge in [0, 0.05) is 24.2 Å². The number of phenols is 2. The van der Waals surface area contributed by atoms with Crippen LogP contribution in [0.3, 0.4) is 0 Å². The fourth-order valence-electron chi connectivity index (χ4n) is 3.26. The topological polar surface area (TPSA) is 223 Å². The number of phenolic OH excluding ortho intramolecular Hbond substituents is 2. The molecule has 186 valence electrons. The molecule has 1 saturated heterocycles. The molecule has 14 nitrogen and oxygen atoms in total. The SMILES string of the molecule is C[C@@H]1CC(=O)N1[C@@H](C(=O)O)[C@](C)(/C=N/NC(=O)[C@H](CO)NC(=O)c1ccc(O)c(O)c1)[SH](=O)=O. The van der Waals surface area contributed by atoms with Gasteiger partial charge in [0.15, 0.2) is 28.2 Å². The summed E-state index contributed by atoms with van der Waals surface area (Å²) in [4.78, 5) is 49.1. The van der Waals surface area contributed by atoms with Crippen LogP contribution in [0.1, 0.15) is 30.6 Å². The van der Waals surface area contributed by atoms with Crippen molar-refractivity contribution in [1.29, 1.82) is 0 Å².